The molecule has 4 heteroatoms. The molecule has 0 radical (unpaired) electrons. The molecule has 22 heavy (non-hydrogen) atoms. The van der Waals surface area contributed by atoms with Crippen LogP contribution < -0.4 is 0 Å². The number of rotatable bonds is 4. The maximum Gasteiger partial charge on any atom is 0.338 e. The minimum absolute atomic E-state index is 0.233. The third-order valence-corrected chi connectivity index (χ3v) is 5.56. The summed E-state index contributed by atoms with van der Waals surface area (Å²) in [6, 6.07) is 5.93. The van der Waals surface area contributed by atoms with Gasteiger partial charge < -0.3 is 9.30 Å². The molecule has 0 spiro atoms. The summed E-state index contributed by atoms with van der Waals surface area (Å²) in [7, 11) is 2.05. The average molecular weight is 364 g/mol. The van der Waals surface area contributed by atoms with Crippen LogP contribution in [0, 0.1) is 0 Å². The minimum Gasteiger partial charge on any atom is -0.462 e. The first-order chi connectivity index (χ1) is 10.6. The largest absolute Gasteiger partial charge is 0.462 e. The van der Waals surface area contributed by atoms with E-state index in [1.54, 1.807) is 0 Å². The highest BCUT2D eigenvalue weighted by Gasteiger charge is 2.25. The van der Waals surface area contributed by atoms with Crippen molar-refractivity contribution in [3.05, 3.63) is 33.9 Å². The molecule has 0 amide bonds. The van der Waals surface area contributed by atoms with E-state index >= 15 is 0 Å². The maximum absolute atomic E-state index is 12.1. The summed E-state index contributed by atoms with van der Waals surface area (Å²) >= 11 is 3.75. The molecule has 1 saturated carbocycles. The van der Waals surface area contributed by atoms with Crippen molar-refractivity contribution in [3.8, 4) is 0 Å². The molecule has 0 bridgehead atoms. The first-order valence-electron chi connectivity index (χ1n) is 8.08. The fourth-order valence-electron chi connectivity index (χ4n) is 3.44. The Hall–Kier alpha value is -1.29. The molecule has 1 aromatic heterocycles. The van der Waals surface area contributed by atoms with E-state index in [1.807, 2.05) is 26.1 Å². The fraction of sp³-hybridized carbons (Fsp3) is 0.500. The van der Waals surface area contributed by atoms with Gasteiger partial charge in [0, 0.05) is 18.0 Å². The van der Waals surface area contributed by atoms with Crippen molar-refractivity contribution in [3.63, 3.8) is 0 Å². The molecule has 1 aliphatic carbocycles. The number of halogens is 1. The SMILES string of the molecule is CCCOC(=O)c1ccc2c(C3CCCC3)c(Br)n(C)c2c1. The normalized spacial score (nSPS) is 15.6. The Morgan fingerprint density at radius 2 is 2.09 bits per heavy atom. The van der Waals surface area contributed by atoms with Crippen molar-refractivity contribution < 1.29 is 9.53 Å². The lowest BCUT2D eigenvalue weighted by molar-refractivity contribution is 0.0505. The van der Waals surface area contributed by atoms with Crippen LogP contribution in [0.4, 0.5) is 0 Å². The standard InChI is InChI=1S/C18H22BrNO2/c1-3-10-22-18(21)13-8-9-14-15(11-13)20(2)17(19)16(14)12-6-4-5-7-12/h8-9,11-12H,3-7,10H2,1-2H3. The topological polar surface area (TPSA) is 31.2 Å². The number of aromatic nitrogens is 1. The summed E-state index contributed by atoms with van der Waals surface area (Å²) in [5.41, 5.74) is 3.13. The van der Waals surface area contributed by atoms with Gasteiger partial charge in [0.25, 0.3) is 0 Å². The van der Waals surface area contributed by atoms with Crippen molar-refractivity contribution >= 4 is 32.8 Å². The lowest BCUT2D eigenvalue weighted by Crippen LogP contribution is -2.05. The Morgan fingerprint density at radius 1 is 1.36 bits per heavy atom. The van der Waals surface area contributed by atoms with Gasteiger partial charge in [-0.05, 0) is 58.8 Å². The van der Waals surface area contributed by atoms with Crippen LogP contribution >= 0.6 is 15.9 Å². The molecule has 1 aromatic carbocycles. The van der Waals surface area contributed by atoms with E-state index in [0.717, 1.165) is 16.5 Å². The molecule has 3 rings (SSSR count). The van der Waals surface area contributed by atoms with Gasteiger partial charge in [-0.2, -0.15) is 0 Å². The molecule has 118 valence electrons. The second-order valence-corrected chi connectivity index (χ2v) is 6.86. The number of esters is 1. The lowest BCUT2D eigenvalue weighted by Gasteiger charge is -2.09. The molecule has 1 heterocycles. The van der Waals surface area contributed by atoms with Crippen molar-refractivity contribution in [2.24, 2.45) is 7.05 Å². The zero-order chi connectivity index (χ0) is 15.7. The van der Waals surface area contributed by atoms with Gasteiger partial charge in [0.1, 0.15) is 0 Å². The van der Waals surface area contributed by atoms with Crippen molar-refractivity contribution in [1.29, 1.82) is 0 Å². The Labute approximate surface area is 139 Å². The Balaban J connectivity index is 2.02. The number of nitrogens with zero attached hydrogens (tertiary/aromatic N) is 1. The number of ether oxygens (including phenoxy) is 1. The van der Waals surface area contributed by atoms with Gasteiger partial charge in [-0.15, -0.1) is 0 Å². The lowest BCUT2D eigenvalue weighted by atomic mass is 9.97. The summed E-state index contributed by atoms with van der Waals surface area (Å²) in [6.45, 7) is 2.47. The predicted octanol–water partition coefficient (Wildman–Crippen LogP) is 5.17. The van der Waals surface area contributed by atoms with E-state index in [2.05, 4.69) is 26.6 Å². The molecule has 1 fully saturated rings. The van der Waals surface area contributed by atoms with E-state index in [0.29, 0.717) is 18.1 Å². The maximum atomic E-state index is 12.1. The molecule has 0 atom stereocenters. The van der Waals surface area contributed by atoms with E-state index in [9.17, 15) is 4.79 Å². The number of carbonyl (C=O) groups is 1. The predicted molar refractivity (Wildman–Crippen MR) is 92.4 cm³/mol. The van der Waals surface area contributed by atoms with Crippen LogP contribution in [0.5, 0.6) is 0 Å². The number of hydrogen-bond acceptors (Lipinski definition) is 2. The highest BCUT2D eigenvalue weighted by Crippen LogP contribution is 2.42. The zero-order valence-electron chi connectivity index (χ0n) is 13.2. The smallest absolute Gasteiger partial charge is 0.338 e. The van der Waals surface area contributed by atoms with Gasteiger partial charge in [0.05, 0.1) is 16.8 Å². The molecular weight excluding hydrogens is 342 g/mol. The van der Waals surface area contributed by atoms with Crippen LogP contribution in [-0.2, 0) is 11.8 Å². The Morgan fingerprint density at radius 3 is 2.77 bits per heavy atom. The van der Waals surface area contributed by atoms with Gasteiger partial charge in [-0.3, -0.25) is 0 Å². The van der Waals surface area contributed by atoms with E-state index < -0.39 is 0 Å². The second kappa shape index (κ2) is 6.45. The minimum atomic E-state index is -0.233. The van der Waals surface area contributed by atoms with Crippen molar-refractivity contribution in [2.45, 2.75) is 44.9 Å². The molecule has 3 nitrogen and oxygen atoms in total. The first-order valence-corrected chi connectivity index (χ1v) is 8.87. The average Bonchev–Trinajstić information content (AvgIpc) is 3.13. The summed E-state index contributed by atoms with van der Waals surface area (Å²) in [4.78, 5) is 12.1. The molecule has 2 aromatic rings. The molecule has 0 saturated heterocycles. The molecule has 0 unspecified atom stereocenters. The second-order valence-electron chi connectivity index (χ2n) is 6.11. The molecular formula is C18H22BrNO2. The van der Waals surface area contributed by atoms with Crippen molar-refractivity contribution in [2.75, 3.05) is 6.61 Å². The summed E-state index contributed by atoms with van der Waals surface area (Å²) in [6.07, 6.45) is 6.00. The highest BCUT2D eigenvalue weighted by atomic mass is 79.9. The summed E-state index contributed by atoms with van der Waals surface area (Å²) in [5.74, 6) is 0.402. The highest BCUT2D eigenvalue weighted by molar-refractivity contribution is 9.10. The number of benzene rings is 1. The quantitative estimate of drug-likeness (QED) is 0.702. The first kappa shape index (κ1) is 15.6. The van der Waals surface area contributed by atoms with Gasteiger partial charge in [-0.1, -0.05) is 25.8 Å². The van der Waals surface area contributed by atoms with Crippen LogP contribution in [0.15, 0.2) is 22.8 Å². The Kier molecular flexibility index (Phi) is 4.57. The van der Waals surface area contributed by atoms with Gasteiger partial charge >= 0.3 is 5.97 Å². The van der Waals surface area contributed by atoms with E-state index in [-0.39, 0.29) is 5.97 Å². The van der Waals surface area contributed by atoms with Crippen LogP contribution in [0.1, 0.15) is 60.9 Å². The number of fused-ring (bicyclic) bond motifs is 1. The number of carbonyl (C=O) groups excluding carboxylic acids is 1. The third-order valence-electron chi connectivity index (χ3n) is 4.60. The van der Waals surface area contributed by atoms with Gasteiger partial charge in [-0.25, -0.2) is 4.79 Å². The zero-order valence-corrected chi connectivity index (χ0v) is 14.8. The molecule has 0 N–H and O–H groups in total. The van der Waals surface area contributed by atoms with Crippen LogP contribution in [0.25, 0.3) is 10.9 Å². The van der Waals surface area contributed by atoms with Crippen LogP contribution in [-0.4, -0.2) is 17.1 Å². The third kappa shape index (κ3) is 2.69. The number of hydrogen-bond donors (Lipinski definition) is 0. The van der Waals surface area contributed by atoms with E-state index in [1.165, 1.54) is 36.6 Å². The summed E-state index contributed by atoms with van der Waals surface area (Å²) in [5, 5.41) is 1.26. The number of aryl methyl sites for hydroxylation is 1. The molecule has 0 aliphatic heterocycles. The summed E-state index contributed by atoms with van der Waals surface area (Å²) < 4.78 is 8.53. The van der Waals surface area contributed by atoms with Gasteiger partial charge in [0.15, 0.2) is 0 Å². The van der Waals surface area contributed by atoms with Crippen molar-refractivity contribution in [1.82, 2.24) is 4.57 Å². The van der Waals surface area contributed by atoms with Crippen LogP contribution in [0.3, 0.4) is 0 Å². The molecule has 1 aliphatic rings. The van der Waals surface area contributed by atoms with Crippen LogP contribution in [0.2, 0.25) is 0 Å². The fourth-order valence-corrected chi connectivity index (χ4v) is 4.17. The Bertz CT molecular complexity index is 699. The monoisotopic (exact) mass is 363 g/mol. The van der Waals surface area contributed by atoms with Gasteiger partial charge in [0.2, 0.25) is 0 Å². The van der Waals surface area contributed by atoms with E-state index in [4.69, 9.17) is 4.74 Å².